The van der Waals surface area contributed by atoms with Gasteiger partial charge in [0.25, 0.3) is 0 Å². The predicted octanol–water partition coefficient (Wildman–Crippen LogP) is 3.95. The summed E-state index contributed by atoms with van der Waals surface area (Å²) in [6.45, 7) is 3.59. The van der Waals surface area contributed by atoms with Gasteiger partial charge in [-0.15, -0.1) is 0 Å². The van der Waals surface area contributed by atoms with Crippen molar-refractivity contribution in [3.63, 3.8) is 0 Å². The molecule has 5 fully saturated rings. The molecule has 6 heteroatoms. The highest BCUT2D eigenvalue weighted by Gasteiger charge is 2.58. The summed E-state index contributed by atoms with van der Waals surface area (Å²) in [5.41, 5.74) is 1.75. The van der Waals surface area contributed by atoms with Crippen molar-refractivity contribution in [2.75, 3.05) is 19.7 Å². The molecule has 1 N–H and O–H groups in total. The summed E-state index contributed by atoms with van der Waals surface area (Å²) in [5, 5.41) is 3.25. The average Bonchev–Trinajstić information content (AvgIpc) is 3.16. The molecule has 0 unspecified atom stereocenters. The van der Waals surface area contributed by atoms with Crippen LogP contribution in [0.1, 0.15) is 84.0 Å². The first-order chi connectivity index (χ1) is 15.9. The van der Waals surface area contributed by atoms with Crippen LogP contribution >= 0.6 is 0 Å². The minimum Gasteiger partial charge on any atom is -0.465 e. The molecule has 0 spiro atoms. The fraction of sp³-hybridized carbons (Fsp3) is 0.815. The zero-order valence-corrected chi connectivity index (χ0v) is 20.0. The third kappa shape index (κ3) is 3.46. The van der Waals surface area contributed by atoms with Gasteiger partial charge in [-0.3, -0.25) is 14.4 Å². The van der Waals surface area contributed by atoms with Crippen molar-refractivity contribution >= 4 is 17.8 Å². The van der Waals surface area contributed by atoms with E-state index < -0.39 is 11.3 Å². The summed E-state index contributed by atoms with van der Waals surface area (Å²) in [6, 6.07) is 0. The highest BCUT2D eigenvalue weighted by Crippen LogP contribution is 2.60. The van der Waals surface area contributed by atoms with Gasteiger partial charge in [-0.1, -0.05) is 0 Å². The molecule has 0 aromatic heterocycles. The molecule has 5 aliphatic carbocycles. The summed E-state index contributed by atoms with van der Waals surface area (Å²) in [4.78, 5) is 41.5. The Kier molecular flexibility index (Phi) is 5.15. The minimum absolute atomic E-state index is 0.0224. The van der Waals surface area contributed by atoms with Gasteiger partial charge in [0.15, 0.2) is 0 Å². The van der Waals surface area contributed by atoms with Gasteiger partial charge in [0.05, 0.1) is 6.61 Å². The SMILES string of the molecule is CCOC(=O)[C@@]12CCC3=C1N(CCC3)C(=O)[C@H](CC(=O)NCC13CC4CC(CC(C4)C1)C3)C2. The van der Waals surface area contributed by atoms with Crippen LogP contribution in [-0.2, 0) is 19.1 Å². The number of allylic oxidation sites excluding steroid dienone is 1. The van der Waals surface area contributed by atoms with Gasteiger partial charge < -0.3 is 15.0 Å². The number of ether oxygens (including phenoxy) is 1. The Labute approximate surface area is 196 Å². The quantitative estimate of drug-likeness (QED) is 0.617. The minimum atomic E-state index is -0.732. The summed E-state index contributed by atoms with van der Waals surface area (Å²) >= 11 is 0. The first-order valence-corrected chi connectivity index (χ1v) is 13.4. The molecule has 6 nitrogen and oxygen atoms in total. The Balaban J connectivity index is 1.16. The van der Waals surface area contributed by atoms with Crippen molar-refractivity contribution in [3.05, 3.63) is 11.3 Å². The molecular weight excluding hydrogens is 416 g/mol. The van der Waals surface area contributed by atoms with Crippen LogP contribution in [0.2, 0.25) is 0 Å². The summed E-state index contributed by atoms with van der Waals surface area (Å²) in [6.07, 6.45) is 12.1. The van der Waals surface area contributed by atoms with Crippen LogP contribution < -0.4 is 5.32 Å². The molecule has 2 amide bonds. The van der Waals surface area contributed by atoms with E-state index in [-0.39, 0.29) is 29.6 Å². The van der Waals surface area contributed by atoms with Gasteiger partial charge in [-0.25, -0.2) is 0 Å². The highest BCUT2D eigenvalue weighted by molar-refractivity contribution is 5.93. The van der Waals surface area contributed by atoms with E-state index in [1.807, 2.05) is 11.8 Å². The number of nitrogens with zero attached hydrogens (tertiary/aromatic N) is 1. The van der Waals surface area contributed by atoms with E-state index in [0.29, 0.717) is 26.0 Å². The molecule has 2 heterocycles. The van der Waals surface area contributed by atoms with Crippen LogP contribution in [0.5, 0.6) is 0 Å². The van der Waals surface area contributed by atoms with E-state index in [1.54, 1.807) is 0 Å². The molecule has 4 saturated carbocycles. The Bertz CT molecular complexity index is 873. The lowest BCUT2D eigenvalue weighted by Gasteiger charge is -2.57. The zero-order chi connectivity index (χ0) is 22.8. The van der Waals surface area contributed by atoms with Crippen LogP contribution in [0.3, 0.4) is 0 Å². The molecule has 180 valence electrons. The number of carbonyl (C=O) groups is 3. The maximum atomic E-state index is 13.4. The standard InChI is InChI=1S/C27H38N2O4/c1-2-33-25(32)27-6-5-20-4-3-7-29(23(20)27)24(31)21(15-27)11-22(30)28-16-26-12-17-8-18(13-26)10-19(9-17)14-26/h17-19,21H,2-16H2,1H3,(H,28,30)/t17?,18?,19?,21-,26?,27-/m1/s1. The lowest BCUT2D eigenvalue weighted by Crippen LogP contribution is -2.54. The highest BCUT2D eigenvalue weighted by atomic mass is 16.5. The van der Waals surface area contributed by atoms with Crippen molar-refractivity contribution in [2.45, 2.75) is 84.0 Å². The molecule has 0 radical (unpaired) electrons. The van der Waals surface area contributed by atoms with E-state index >= 15 is 0 Å². The Morgan fingerprint density at radius 3 is 2.42 bits per heavy atom. The molecular formula is C27H38N2O4. The van der Waals surface area contributed by atoms with Gasteiger partial charge in [0.1, 0.15) is 5.41 Å². The molecule has 0 aromatic carbocycles. The second-order valence-electron chi connectivity index (χ2n) is 12.1. The molecule has 0 aromatic rings. The van der Waals surface area contributed by atoms with Gasteiger partial charge in [0, 0.05) is 31.1 Å². The third-order valence-corrected chi connectivity index (χ3v) is 9.91. The second kappa shape index (κ2) is 7.84. The summed E-state index contributed by atoms with van der Waals surface area (Å²) < 4.78 is 5.51. The van der Waals surface area contributed by atoms with Gasteiger partial charge in [-0.05, 0) is 106 Å². The number of hydrogen-bond acceptors (Lipinski definition) is 4. The number of nitrogens with one attached hydrogen (secondary N) is 1. The largest absolute Gasteiger partial charge is 0.465 e. The van der Waals surface area contributed by atoms with Gasteiger partial charge >= 0.3 is 5.97 Å². The Morgan fingerprint density at radius 2 is 1.76 bits per heavy atom. The van der Waals surface area contributed by atoms with Crippen molar-refractivity contribution in [1.29, 1.82) is 0 Å². The number of carbonyl (C=O) groups excluding carboxylic acids is 3. The van der Waals surface area contributed by atoms with Crippen LogP contribution in [0, 0.1) is 34.5 Å². The maximum Gasteiger partial charge on any atom is 0.318 e. The van der Waals surface area contributed by atoms with E-state index in [1.165, 1.54) is 44.1 Å². The Hall–Kier alpha value is -1.85. The van der Waals surface area contributed by atoms with E-state index in [9.17, 15) is 14.4 Å². The monoisotopic (exact) mass is 454 g/mol. The number of rotatable bonds is 6. The van der Waals surface area contributed by atoms with Crippen LogP contribution in [-0.4, -0.2) is 42.4 Å². The normalized spacial score (nSPS) is 40.8. The van der Waals surface area contributed by atoms with Gasteiger partial charge in [-0.2, -0.15) is 0 Å². The zero-order valence-electron chi connectivity index (χ0n) is 20.0. The van der Waals surface area contributed by atoms with Crippen molar-refractivity contribution < 1.29 is 19.1 Å². The molecule has 2 aliphatic heterocycles. The summed E-state index contributed by atoms with van der Waals surface area (Å²) in [5.74, 6) is 1.95. The topological polar surface area (TPSA) is 75.7 Å². The second-order valence-corrected chi connectivity index (χ2v) is 12.1. The number of piperidine rings is 1. The smallest absolute Gasteiger partial charge is 0.318 e. The van der Waals surface area contributed by atoms with Crippen LogP contribution in [0.4, 0.5) is 0 Å². The first-order valence-electron chi connectivity index (χ1n) is 13.4. The molecule has 7 aliphatic rings. The van der Waals surface area contributed by atoms with E-state index in [0.717, 1.165) is 49.3 Å². The average molecular weight is 455 g/mol. The Morgan fingerprint density at radius 1 is 1.06 bits per heavy atom. The fourth-order valence-corrected chi connectivity index (χ4v) is 9.14. The molecule has 4 bridgehead atoms. The number of hydrogen-bond donors (Lipinski definition) is 1. The molecule has 33 heavy (non-hydrogen) atoms. The van der Waals surface area contributed by atoms with E-state index in [2.05, 4.69) is 5.32 Å². The van der Waals surface area contributed by atoms with Crippen molar-refractivity contribution in [3.8, 4) is 0 Å². The lowest BCUT2D eigenvalue weighted by atomic mass is 9.49. The third-order valence-electron chi connectivity index (χ3n) is 9.91. The molecule has 7 rings (SSSR count). The van der Waals surface area contributed by atoms with Crippen molar-refractivity contribution in [2.24, 2.45) is 34.5 Å². The predicted molar refractivity (Wildman–Crippen MR) is 123 cm³/mol. The van der Waals surface area contributed by atoms with Crippen LogP contribution in [0.25, 0.3) is 0 Å². The number of esters is 1. The number of amides is 2. The fourth-order valence-electron chi connectivity index (χ4n) is 9.14. The maximum absolute atomic E-state index is 13.4. The lowest BCUT2D eigenvalue weighted by molar-refractivity contribution is -0.161. The van der Waals surface area contributed by atoms with Crippen LogP contribution in [0.15, 0.2) is 11.3 Å². The van der Waals surface area contributed by atoms with Crippen molar-refractivity contribution in [1.82, 2.24) is 10.2 Å². The summed E-state index contributed by atoms with van der Waals surface area (Å²) in [7, 11) is 0. The first kappa shape index (κ1) is 21.7. The van der Waals surface area contributed by atoms with E-state index in [4.69, 9.17) is 4.74 Å². The molecule has 1 saturated heterocycles. The van der Waals surface area contributed by atoms with Gasteiger partial charge in [0.2, 0.25) is 11.8 Å². The molecule has 2 atom stereocenters.